The summed E-state index contributed by atoms with van der Waals surface area (Å²) in [6.45, 7) is 6.03. The first-order valence-corrected chi connectivity index (χ1v) is 7.66. The van der Waals surface area contributed by atoms with Gasteiger partial charge in [-0.1, -0.05) is 20.8 Å². The topological polar surface area (TPSA) is 67.2 Å². The van der Waals surface area contributed by atoms with Crippen LogP contribution < -0.4 is 5.32 Å². The Kier molecular flexibility index (Phi) is 4.65. The molecule has 1 aromatic heterocycles. The molecule has 6 heteroatoms. The third kappa shape index (κ3) is 2.94. The molecule has 21 heavy (non-hydrogen) atoms. The second-order valence-corrected chi connectivity index (χ2v) is 5.49. The highest BCUT2D eigenvalue weighted by Gasteiger charge is 2.41. The number of hydrogen-bond donors (Lipinski definition) is 1. The summed E-state index contributed by atoms with van der Waals surface area (Å²) in [6, 6.07) is -0.455. The van der Waals surface area contributed by atoms with Gasteiger partial charge in [0.25, 0.3) is 5.91 Å². The number of nitrogens with zero attached hydrogens (tertiary/aromatic N) is 3. The van der Waals surface area contributed by atoms with Crippen LogP contribution in [0.25, 0.3) is 0 Å². The Bertz CT molecular complexity index is 534. The molecule has 0 radical (unpaired) electrons. The van der Waals surface area contributed by atoms with Gasteiger partial charge >= 0.3 is 0 Å². The van der Waals surface area contributed by atoms with Crippen LogP contribution in [0.4, 0.5) is 5.69 Å². The molecule has 1 N–H and O–H groups in total. The van der Waals surface area contributed by atoms with Crippen molar-refractivity contribution in [2.45, 2.75) is 58.5 Å². The van der Waals surface area contributed by atoms with Crippen molar-refractivity contribution in [2.24, 2.45) is 7.05 Å². The van der Waals surface area contributed by atoms with Gasteiger partial charge < -0.3 is 5.32 Å². The normalized spacial score (nSPS) is 18.9. The van der Waals surface area contributed by atoms with Crippen LogP contribution in [0.3, 0.4) is 0 Å². The lowest BCUT2D eigenvalue weighted by molar-refractivity contribution is -0.141. The quantitative estimate of drug-likeness (QED) is 0.811. The molecular formula is C15H24N4O2. The van der Waals surface area contributed by atoms with E-state index in [1.807, 2.05) is 34.0 Å². The SMILES string of the molecule is CCc1nn(C)cc1NC1CC(=O)N(C(CC)CC)C1=O. The smallest absolute Gasteiger partial charge is 0.252 e. The molecule has 2 heterocycles. The molecule has 0 bridgehead atoms. The molecule has 1 fully saturated rings. The van der Waals surface area contributed by atoms with E-state index >= 15 is 0 Å². The third-order valence-corrected chi connectivity index (χ3v) is 4.06. The van der Waals surface area contributed by atoms with E-state index in [1.165, 1.54) is 4.90 Å². The fourth-order valence-electron chi connectivity index (χ4n) is 2.91. The predicted molar refractivity (Wildman–Crippen MR) is 80.8 cm³/mol. The highest BCUT2D eigenvalue weighted by atomic mass is 16.2. The maximum atomic E-state index is 12.5. The fourth-order valence-corrected chi connectivity index (χ4v) is 2.91. The molecule has 2 rings (SSSR count). The molecule has 1 unspecified atom stereocenters. The number of carbonyl (C=O) groups is 2. The number of carbonyl (C=O) groups excluding carboxylic acids is 2. The zero-order chi connectivity index (χ0) is 15.6. The third-order valence-electron chi connectivity index (χ3n) is 4.06. The van der Waals surface area contributed by atoms with Gasteiger partial charge in [0.05, 0.1) is 17.8 Å². The highest BCUT2D eigenvalue weighted by Crippen LogP contribution is 2.24. The average Bonchev–Trinajstić information content (AvgIpc) is 2.94. The van der Waals surface area contributed by atoms with Gasteiger partial charge in [0.2, 0.25) is 5.91 Å². The van der Waals surface area contributed by atoms with E-state index in [0.29, 0.717) is 0 Å². The molecule has 1 saturated heterocycles. The second-order valence-electron chi connectivity index (χ2n) is 5.49. The minimum absolute atomic E-state index is 0.0105. The molecule has 0 spiro atoms. The van der Waals surface area contributed by atoms with E-state index in [4.69, 9.17) is 0 Å². The molecule has 1 aromatic rings. The number of amides is 2. The summed E-state index contributed by atoms with van der Waals surface area (Å²) >= 11 is 0. The molecule has 1 aliphatic heterocycles. The van der Waals surface area contributed by atoms with E-state index < -0.39 is 6.04 Å². The zero-order valence-electron chi connectivity index (χ0n) is 13.2. The Morgan fingerprint density at radius 3 is 2.57 bits per heavy atom. The molecule has 116 valence electrons. The van der Waals surface area contributed by atoms with E-state index in [1.54, 1.807) is 4.68 Å². The minimum Gasteiger partial charge on any atom is -0.370 e. The number of imide groups is 1. The van der Waals surface area contributed by atoms with Crippen molar-refractivity contribution in [1.82, 2.24) is 14.7 Å². The number of aryl methyl sites for hydroxylation is 2. The molecular weight excluding hydrogens is 268 g/mol. The first kappa shape index (κ1) is 15.5. The zero-order valence-corrected chi connectivity index (χ0v) is 13.2. The van der Waals surface area contributed by atoms with E-state index in [-0.39, 0.29) is 24.3 Å². The Balaban J connectivity index is 2.15. The van der Waals surface area contributed by atoms with Gasteiger partial charge in [-0.05, 0) is 19.3 Å². The number of hydrogen-bond acceptors (Lipinski definition) is 4. The van der Waals surface area contributed by atoms with Gasteiger partial charge in [-0.3, -0.25) is 19.2 Å². The fraction of sp³-hybridized carbons (Fsp3) is 0.667. The standard InChI is InChI=1S/C15H24N4O2/c1-5-10(6-2)19-14(20)8-12(15(19)21)16-13-9-18(4)17-11(13)7-3/h9-10,12,16H,5-8H2,1-4H3. The summed E-state index contributed by atoms with van der Waals surface area (Å²) in [6.07, 6.45) is 4.47. The van der Waals surface area contributed by atoms with Crippen LogP contribution >= 0.6 is 0 Å². The first-order chi connectivity index (χ1) is 10.0. The molecule has 0 aliphatic carbocycles. The van der Waals surface area contributed by atoms with Gasteiger partial charge in [-0.2, -0.15) is 5.10 Å². The lowest BCUT2D eigenvalue weighted by Gasteiger charge is -2.24. The minimum atomic E-state index is -0.465. The van der Waals surface area contributed by atoms with Crippen LogP contribution in [0.2, 0.25) is 0 Å². The van der Waals surface area contributed by atoms with Crippen LogP contribution in [0, 0.1) is 0 Å². The van der Waals surface area contributed by atoms with Gasteiger partial charge in [-0.15, -0.1) is 0 Å². The van der Waals surface area contributed by atoms with Crippen LogP contribution in [0.1, 0.15) is 45.7 Å². The van der Waals surface area contributed by atoms with Crippen molar-refractivity contribution < 1.29 is 9.59 Å². The van der Waals surface area contributed by atoms with E-state index in [2.05, 4.69) is 10.4 Å². The number of rotatable bonds is 6. The van der Waals surface area contributed by atoms with Gasteiger partial charge in [0.1, 0.15) is 6.04 Å². The van der Waals surface area contributed by atoms with Crippen molar-refractivity contribution in [3.05, 3.63) is 11.9 Å². The summed E-state index contributed by atoms with van der Waals surface area (Å²) in [5.41, 5.74) is 1.76. The summed E-state index contributed by atoms with van der Waals surface area (Å²) in [4.78, 5) is 26.1. The van der Waals surface area contributed by atoms with E-state index in [0.717, 1.165) is 30.6 Å². The lowest BCUT2D eigenvalue weighted by Crippen LogP contribution is -2.41. The van der Waals surface area contributed by atoms with Crippen molar-refractivity contribution >= 4 is 17.5 Å². The lowest BCUT2D eigenvalue weighted by atomic mass is 10.1. The van der Waals surface area contributed by atoms with Gasteiger partial charge in [0.15, 0.2) is 0 Å². The van der Waals surface area contributed by atoms with Crippen molar-refractivity contribution in [1.29, 1.82) is 0 Å². The predicted octanol–water partition coefficient (Wildman–Crippen LogP) is 1.71. The Labute approximate surface area is 125 Å². The van der Waals surface area contributed by atoms with Crippen LogP contribution in [0.5, 0.6) is 0 Å². The summed E-state index contributed by atoms with van der Waals surface area (Å²) in [7, 11) is 1.85. The Morgan fingerprint density at radius 1 is 1.33 bits per heavy atom. The van der Waals surface area contributed by atoms with Crippen LogP contribution in [-0.2, 0) is 23.1 Å². The average molecular weight is 292 g/mol. The number of anilines is 1. The van der Waals surface area contributed by atoms with Gasteiger partial charge in [0, 0.05) is 19.3 Å². The highest BCUT2D eigenvalue weighted by molar-refractivity contribution is 6.07. The maximum Gasteiger partial charge on any atom is 0.252 e. The monoisotopic (exact) mass is 292 g/mol. The molecule has 6 nitrogen and oxygen atoms in total. The van der Waals surface area contributed by atoms with Crippen molar-refractivity contribution in [2.75, 3.05) is 5.32 Å². The molecule has 0 aromatic carbocycles. The van der Waals surface area contributed by atoms with Crippen LogP contribution in [-0.4, -0.2) is 38.6 Å². The summed E-state index contributed by atoms with van der Waals surface area (Å²) in [5, 5.41) is 7.55. The van der Waals surface area contributed by atoms with Crippen molar-refractivity contribution in [3.63, 3.8) is 0 Å². The van der Waals surface area contributed by atoms with Gasteiger partial charge in [-0.25, -0.2) is 0 Å². The number of likely N-dealkylation sites (tertiary alicyclic amines) is 1. The van der Waals surface area contributed by atoms with Crippen molar-refractivity contribution in [3.8, 4) is 0 Å². The molecule has 1 aliphatic rings. The molecule has 0 saturated carbocycles. The summed E-state index contributed by atoms with van der Waals surface area (Å²) in [5.74, 6) is -0.187. The second kappa shape index (κ2) is 6.28. The summed E-state index contributed by atoms with van der Waals surface area (Å²) < 4.78 is 1.72. The number of aromatic nitrogens is 2. The number of nitrogens with one attached hydrogen (secondary N) is 1. The Morgan fingerprint density at radius 2 is 2.00 bits per heavy atom. The largest absolute Gasteiger partial charge is 0.370 e. The first-order valence-electron chi connectivity index (χ1n) is 7.66. The maximum absolute atomic E-state index is 12.5. The van der Waals surface area contributed by atoms with E-state index in [9.17, 15) is 9.59 Å². The molecule has 1 atom stereocenters. The van der Waals surface area contributed by atoms with Crippen LogP contribution in [0.15, 0.2) is 6.20 Å². The Hall–Kier alpha value is -1.85. The molecule has 2 amide bonds.